The van der Waals surface area contributed by atoms with Crippen molar-refractivity contribution in [2.75, 3.05) is 6.61 Å². The summed E-state index contributed by atoms with van der Waals surface area (Å²) in [5.41, 5.74) is 4.76. The number of H-pyrrole nitrogens is 1. The van der Waals surface area contributed by atoms with Crippen molar-refractivity contribution in [2.24, 2.45) is 0 Å². The van der Waals surface area contributed by atoms with E-state index in [9.17, 15) is 9.50 Å². The molecule has 0 fully saturated rings. The highest BCUT2D eigenvalue weighted by Gasteiger charge is 2.24. The average Bonchev–Trinajstić information content (AvgIpc) is 3.40. The molecule has 0 amide bonds. The van der Waals surface area contributed by atoms with Crippen LogP contribution in [0.2, 0.25) is 10.0 Å². The Morgan fingerprint density at radius 2 is 1.78 bits per heavy atom. The van der Waals surface area contributed by atoms with E-state index in [0.717, 1.165) is 28.1 Å². The van der Waals surface area contributed by atoms with Crippen LogP contribution in [0.25, 0.3) is 33.4 Å². The molecule has 3 aromatic carbocycles. The summed E-state index contributed by atoms with van der Waals surface area (Å²) in [5, 5.41) is 11.7. The molecule has 0 saturated carbocycles. The quantitative estimate of drug-likeness (QED) is 0.302. The summed E-state index contributed by atoms with van der Waals surface area (Å²) in [7, 11) is 0. The maximum Gasteiger partial charge on any atom is 0.142 e. The fraction of sp³-hybridized carbons (Fsp3) is 0.0800. The SMILES string of the molecule is OC[C@@H](c1ccc(Cl)cc1)n1cnc(-c2ccccc2)c1-c1c[nH]c2cc(Cl)c(F)cc12. The van der Waals surface area contributed by atoms with E-state index in [1.807, 2.05) is 53.2 Å². The molecule has 0 radical (unpaired) electrons. The monoisotopic (exact) mass is 465 g/mol. The van der Waals surface area contributed by atoms with Crippen LogP contribution in [0.3, 0.4) is 0 Å². The van der Waals surface area contributed by atoms with Gasteiger partial charge in [0.2, 0.25) is 0 Å². The van der Waals surface area contributed by atoms with Gasteiger partial charge in [-0.3, -0.25) is 0 Å². The first kappa shape index (κ1) is 20.8. The molecular formula is C25H18Cl2FN3O. The highest BCUT2D eigenvalue weighted by Crippen LogP contribution is 2.39. The first-order chi connectivity index (χ1) is 15.6. The van der Waals surface area contributed by atoms with Gasteiger partial charge in [0.15, 0.2) is 0 Å². The fourth-order valence-corrected chi connectivity index (χ4v) is 4.31. The molecule has 0 spiro atoms. The Morgan fingerprint density at radius 1 is 1.03 bits per heavy atom. The first-order valence-electron chi connectivity index (χ1n) is 10.0. The van der Waals surface area contributed by atoms with E-state index in [-0.39, 0.29) is 11.6 Å². The summed E-state index contributed by atoms with van der Waals surface area (Å²) in [4.78, 5) is 7.88. The summed E-state index contributed by atoms with van der Waals surface area (Å²) < 4.78 is 16.3. The summed E-state index contributed by atoms with van der Waals surface area (Å²) in [6.45, 7) is -0.151. The van der Waals surface area contributed by atoms with Crippen LogP contribution >= 0.6 is 23.2 Å². The molecule has 4 nitrogen and oxygen atoms in total. The number of hydrogen-bond donors (Lipinski definition) is 2. The van der Waals surface area contributed by atoms with Gasteiger partial charge in [0.05, 0.1) is 35.4 Å². The van der Waals surface area contributed by atoms with E-state index in [4.69, 9.17) is 28.2 Å². The van der Waals surface area contributed by atoms with Crippen molar-refractivity contribution < 1.29 is 9.50 Å². The molecule has 160 valence electrons. The number of imidazole rings is 1. The Kier molecular flexibility index (Phi) is 5.47. The smallest absolute Gasteiger partial charge is 0.142 e. The predicted octanol–water partition coefficient (Wildman–Crippen LogP) is 6.73. The molecule has 0 aliphatic rings. The molecule has 1 atom stereocenters. The second kappa shape index (κ2) is 8.43. The van der Waals surface area contributed by atoms with Gasteiger partial charge in [0, 0.05) is 33.2 Å². The lowest BCUT2D eigenvalue weighted by Gasteiger charge is -2.20. The van der Waals surface area contributed by atoms with Crippen molar-refractivity contribution in [1.82, 2.24) is 14.5 Å². The Bertz CT molecular complexity index is 1390. The van der Waals surface area contributed by atoms with Gasteiger partial charge >= 0.3 is 0 Å². The number of rotatable bonds is 5. The summed E-state index contributed by atoms with van der Waals surface area (Å²) in [5.74, 6) is -0.497. The molecule has 2 N–H and O–H groups in total. The molecule has 32 heavy (non-hydrogen) atoms. The number of nitrogens with zero attached hydrogens (tertiary/aromatic N) is 2. The minimum absolute atomic E-state index is 0.0529. The van der Waals surface area contributed by atoms with Crippen molar-refractivity contribution in [3.05, 3.63) is 101 Å². The molecule has 5 aromatic rings. The zero-order valence-corrected chi connectivity index (χ0v) is 18.3. The Balaban J connectivity index is 1.77. The number of aromatic nitrogens is 3. The van der Waals surface area contributed by atoms with Gasteiger partial charge in [-0.05, 0) is 29.8 Å². The van der Waals surface area contributed by atoms with Gasteiger partial charge in [-0.15, -0.1) is 0 Å². The zero-order chi connectivity index (χ0) is 22.2. The van der Waals surface area contributed by atoms with Crippen molar-refractivity contribution in [2.45, 2.75) is 6.04 Å². The normalized spacial score (nSPS) is 12.4. The largest absolute Gasteiger partial charge is 0.394 e. The van der Waals surface area contributed by atoms with E-state index in [0.29, 0.717) is 15.9 Å². The van der Waals surface area contributed by atoms with Gasteiger partial charge in [-0.25, -0.2) is 9.37 Å². The van der Waals surface area contributed by atoms with Gasteiger partial charge in [0.25, 0.3) is 0 Å². The predicted molar refractivity (Wildman–Crippen MR) is 127 cm³/mol. The molecular weight excluding hydrogens is 448 g/mol. The first-order valence-corrected chi connectivity index (χ1v) is 10.8. The summed E-state index contributed by atoms with van der Waals surface area (Å²) in [6, 6.07) is 19.7. The summed E-state index contributed by atoms with van der Waals surface area (Å²) >= 11 is 12.1. The van der Waals surface area contributed by atoms with Crippen LogP contribution in [0.5, 0.6) is 0 Å². The van der Waals surface area contributed by atoms with E-state index in [1.54, 1.807) is 24.5 Å². The number of benzene rings is 3. The molecule has 5 rings (SSSR count). The molecule has 7 heteroatoms. The topological polar surface area (TPSA) is 53.8 Å². The number of hydrogen-bond acceptors (Lipinski definition) is 2. The van der Waals surface area contributed by atoms with Crippen molar-refractivity contribution >= 4 is 34.1 Å². The maximum atomic E-state index is 14.4. The van der Waals surface area contributed by atoms with Crippen LogP contribution in [0.1, 0.15) is 11.6 Å². The van der Waals surface area contributed by atoms with Crippen LogP contribution in [-0.4, -0.2) is 26.2 Å². The van der Waals surface area contributed by atoms with Crippen LogP contribution < -0.4 is 0 Å². The average molecular weight is 466 g/mol. The Hall–Kier alpha value is -3.12. The highest BCUT2D eigenvalue weighted by molar-refractivity contribution is 6.31. The third kappa shape index (κ3) is 3.58. The molecule has 2 heterocycles. The lowest BCUT2D eigenvalue weighted by molar-refractivity contribution is 0.250. The van der Waals surface area contributed by atoms with Crippen molar-refractivity contribution in [3.8, 4) is 22.5 Å². The van der Waals surface area contributed by atoms with Gasteiger partial charge in [-0.2, -0.15) is 0 Å². The van der Waals surface area contributed by atoms with E-state index >= 15 is 0 Å². The van der Waals surface area contributed by atoms with Crippen LogP contribution in [0.4, 0.5) is 4.39 Å². The Morgan fingerprint density at radius 3 is 2.50 bits per heavy atom. The van der Waals surface area contributed by atoms with Gasteiger partial charge in [0.1, 0.15) is 5.82 Å². The maximum absolute atomic E-state index is 14.4. The highest BCUT2D eigenvalue weighted by atomic mass is 35.5. The second-order valence-electron chi connectivity index (χ2n) is 7.48. The number of aliphatic hydroxyl groups excluding tert-OH is 1. The molecule has 0 aliphatic carbocycles. The fourth-order valence-electron chi connectivity index (χ4n) is 4.02. The number of halogens is 3. The molecule has 2 aromatic heterocycles. The minimum atomic E-state index is -0.497. The Labute approximate surface area is 193 Å². The van der Waals surface area contributed by atoms with Crippen molar-refractivity contribution in [1.29, 1.82) is 0 Å². The molecule has 0 aliphatic heterocycles. The van der Waals surface area contributed by atoms with Gasteiger partial charge < -0.3 is 14.7 Å². The van der Waals surface area contributed by atoms with Crippen LogP contribution in [-0.2, 0) is 0 Å². The van der Waals surface area contributed by atoms with Crippen LogP contribution in [0, 0.1) is 5.82 Å². The van der Waals surface area contributed by atoms with E-state index < -0.39 is 11.9 Å². The third-order valence-electron chi connectivity index (χ3n) is 5.58. The third-order valence-corrected chi connectivity index (χ3v) is 6.12. The number of aromatic amines is 1. The zero-order valence-electron chi connectivity index (χ0n) is 16.8. The number of fused-ring (bicyclic) bond motifs is 1. The standard InChI is InChI=1S/C25H18Cl2FN3O/c26-17-8-6-15(7-9-17)23(13-32)31-14-30-24(16-4-2-1-3-5-16)25(31)19-12-29-22-11-20(27)21(28)10-18(19)22/h1-12,14,23,29,32H,13H2/t23-/m0/s1. The molecule has 0 unspecified atom stereocenters. The lowest BCUT2D eigenvalue weighted by atomic mass is 10.0. The lowest BCUT2D eigenvalue weighted by Crippen LogP contribution is -2.15. The molecule has 0 bridgehead atoms. The minimum Gasteiger partial charge on any atom is -0.394 e. The second-order valence-corrected chi connectivity index (χ2v) is 8.32. The van der Waals surface area contributed by atoms with Crippen LogP contribution in [0.15, 0.2) is 79.3 Å². The van der Waals surface area contributed by atoms with E-state index in [1.165, 1.54) is 6.07 Å². The van der Waals surface area contributed by atoms with Crippen molar-refractivity contribution in [3.63, 3.8) is 0 Å². The van der Waals surface area contributed by atoms with Gasteiger partial charge in [-0.1, -0.05) is 65.7 Å². The summed E-state index contributed by atoms with van der Waals surface area (Å²) in [6.07, 6.45) is 3.52. The van der Waals surface area contributed by atoms with E-state index in [2.05, 4.69) is 4.98 Å². The number of nitrogens with one attached hydrogen (secondary N) is 1. The number of aliphatic hydroxyl groups is 1. The molecule has 0 saturated heterocycles.